The van der Waals surface area contributed by atoms with Crippen LogP contribution in [0.5, 0.6) is 11.5 Å². The van der Waals surface area contributed by atoms with Gasteiger partial charge in [-0.05, 0) is 42.8 Å². The molecule has 4 rings (SSSR count). The van der Waals surface area contributed by atoms with Crippen LogP contribution in [0.2, 0.25) is 0 Å². The standard InChI is InChI=1S/C25H24N2O2/c1-18-12-14-19(15-13-18)17-27-23(21-9-5-7-11-25(21)29-3)16-22(26-27)20-8-4-6-10-24(20)28-2/h4-16H,17H2,1-3H3. The molecule has 0 aliphatic heterocycles. The monoisotopic (exact) mass is 384 g/mol. The highest BCUT2D eigenvalue weighted by atomic mass is 16.5. The molecule has 0 saturated heterocycles. The second kappa shape index (κ2) is 8.23. The molecule has 0 bridgehead atoms. The predicted octanol–water partition coefficient (Wildman–Crippen LogP) is 5.59. The van der Waals surface area contributed by atoms with Crippen LogP contribution in [0.3, 0.4) is 0 Å². The lowest BCUT2D eigenvalue weighted by Crippen LogP contribution is -2.04. The normalized spacial score (nSPS) is 10.7. The van der Waals surface area contributed by atoms with Gasteiger partial charge in [0.25, 0.3) is 0 Å². The highest BCUT2D eigenvalue weighted by molar-refractivity contribution is 5.75. The fourth-order valence-corrected chi connectivity index (χ4v) is 3.46. The molecule has 0 atom stereocenters. The predicted molar refractivity (Wildman–Crippen MR) is 116 cm³/mol. The Labute approximate surface area is 171 Å². The van der Waals surface area contributed by atoms with Crippen LogP contribution in [0.4, 0.5) is 0 Å². The first-order chi connectivity index (χ1) is 14.2. The van der Waals surface area contributed by atoms with Gasteiger partial charge in [-0.2, -0.15) is 5.10 Å². The van der Waals surface area contributed by atoms with E-state index in [0.717, 1.165) is 34.0 Å². The van der Waals surface area contributed by atoms with E-state index in [1.807, 2.05) is 47.1 Å². The van der Waals surface area contributed by atoms with Crippen molar-refractivity contribution < 1.29 is 9.47 Å². The van der Waals surface area contributed by atoms with Crippen molar-refractivity contribution in [2.45, 2.75) is 13.5 Å². The summed E-state index contributed by atoms with van der Waals surface area (Å²) in [4.78, 5) is 0. The van der Waals surface area contributed by atoms with Gasteiger partial charge in [-0.25, -0.2) is 0 Å². The molecule has 4 aromatic rings. The van der Waals surface area contributed by atoms with Gasteiger partial charge in [0.05, 0.1) is 32.2 Å². The van der Waals surface area contributed by atoms with E-state index in [-0.39, 0.29) is 0 Å². The van der Waals surface area contributed by atoms with E-state index in [4.69, 9.17) is 14.6 Å². The van der Waals surface area contributed by atoms with Crippen LogP contribution in [0.25, 0.3) is 22.5 Å². The van der Waals surface area contributed by atoms with Crippen molar-refractivity contribution in [2.75, 3.05) is 14.2 Å². The first-order valence-corrected chi connectivity index (χ1v) is 9.60. The number of aryl methyl sites for hydroxylation is 1. The lowest BCUT2D eigenvalue weighted by Gasteiger charge is -2.11. The Morgan fingerprint density at radius 2 is 1.34 bits per heavy atom. The van der Waals surface area contributed by atoms with Gasteiger partial charge in [0.1, 0.15) is 11.5 Å². The van der Waals surface area contributed by atoms with Crippen LogP contribution in [-0.2, 0) is 6.54 Å². The smallest absolute Gasteiger partial charge is 0.128 e. The van der Waals surface area contributed by atoms with Crippen molar-refractivity contribution >= 4 is 0 Å². The van der Waals surface area contributed by atoms with Crippen molar-refractivity contribution in [2.24, 2.45) is 0 Å². The highest BCUT2D eigenvalue weighted by Crippen LogP contribution is 2.35. The maximum atomic E-state index is 5.61. The number of hydrogen-bond acceptors (Lipinski definition) is 3. The molecule has 0 spiro atoms. The second-order valence-electron chi connectivity index (χ2n) is 6.96. The number of aromatic nitrogens is 2. The minimum atomic E-state index is 0.669. The molecule has 0 aliphatic rings. The minimum absolute atomic E-state index is 0.669. The number of para-hydroxylation sites is 2. The molecule has 0 N–H and O–H groups in total. The number of hydrogen-bond donors (Lipinski definition) is 0. The van der Waals surface area contributed by atoms with Crippen LogP contribution < -0.4 is 9.47 Å². The maximum absolute atomic E-state index is 5.61. The zero-order valence-electron chi connectivity index (χ0n) is 16.9. The number of rotatable bonds is 6. The fourth-order valence-electron chi connectivity index (χ4n) is 3.46. The number of nitrogens with zero attached hydrogens (tertiary/aromatic N) is 2. The van der Waals surface area contributed by atoms with E-state index < -0.39 is 0 Å². The Morgan fingerprint density at radius 1 is 0.759 bits per heavy atom. The summed E-state index contributed by atoms with van der Waals surface area (Å²) >= 11 is 0. The van der Waals surface area contributed by atoms with Gasteiger partial charge in [-0.15, -0.1) is 0 Å². The summed E-state index contributed by atoms with van der Waals surface area (Å²) < 4.78 is 13.2. The van der Waals surface area contributed by atoms with Crippen molar-refractivity contribution in [3.05, 3.63) is 90.0 Å². The molecular weight excluding hydrogens is 360 g/mol. The first kappa shape index (κ1) is 18.8. The van der Waals surface area contributed by atoms with Gasteiger partial charge in [-0.3, -0.25) is 4.68 Å². The van der Waals surface area contributed by atoms with Gasteiger partial charge in [0.15, 0.2) is 0 Å². The summed E-state index contributed by atoms with van der Waals surface area (Å²) in [7, 11) is 3.38. The molecule has 4 heteroatoms. The SMILES string of the molecule is COc1ccccc1-c1cc(-c2ccccc2OC)n(Cc2ccc(C)cc2)n1. The minimum Gasteiger partial charge on any atom is -0.496 e. The van der Waals surface area contributed by atoms with Crippen LogP contribution in [-0.4, -0.2) is 24.0 Å². The van der Waals surface area contributed by atoms with E-state index in [0.29, 0.717) is 6.54 Å². The van der Waals surface area contributed by atoms with Gasteiger partial charge in [-0.1, -0.05) is 54.1 Å². The molecule has 29 heavy (non-hydrogen) atoms. The van der Waals surface area contributed by atoms with Crippen LogP contribution >= 0.6 is 0 Å². The first-order valence-electron chi connectivity index (χ1n) is 9.60. The Balaban J connectivity index is 1.85. The highest BCUT2D eigenvalue weighted by Gasteiger charge is 2.17. The maximum Gasteiger partial charge on any atom is 0.128 e. The molecule has 0 fully saturated rings. The van der Waals surface area contributed by atoms with E-state index in [1.165, 1.54) is 11.1 Å². The Morgan fingerprint density at radius 3 is 2.00 bits per heavy atom. The Kier molecular flexibility index (Phi) is 5.34. The third kappa shape index (κ3) is 3.87. The van der Waals surface area contributed by atoms with E-state index in [1.54, 1.807) is 14.2 Å². The summed E-state index contributed by atoms with van der Waals surface area (Å²) in [6.45, 7) is 2.76. The van der Waals surface area contributed by atoms with E-state index >= 15 is 0 Å². The largest absolute Gasteiger partial charge is 0.496 e. The van der Waals surface area contributed by atoms with Crippen LogP contribution in [0.1, 0.15) is 11.1 Å². The molecule has 0 aliphatic carbocycles. The van der Waals surface area contributed by atoms with Crippen LogP contribution in [0, 0.1) is 6.92 Å². The van der Waals surface area contributed by atoms with Gasteiger partial charge >= 0.3 is 0 Å². The average molecular weight is 384 g/mol. The lowest BCUT2D eigenvalue weighted by atomic mass is 10.1. The topological polar surface area (TPSA) is 36.3 Å². The molecule has 146 valence electrons. The summed E-state index contributed by atoms with van der Waals surface area (Å²) in [6, 6.07) is 26.6. The van der Waals surface area contributed by atoms with Gasteiger partial charge in [0, 0.05) is 11.1 Å². The number of benzene rings is 3. The summed E-state index contributed by atoms with van der Waals surface area (Å²) in [5.41, 5.74) is 6.29. The summed E-state index contributed by atoms with van der Waals surface area (Å²) in [6.07, 6.45) is 0. The molecule has 0 saturated carbocycles. The molecular formula is C25H24N2O2. The molecule has 4 nitrogen and oxygen atoms in total. The zero-order valence-corrected chi connectivity index (χ0v) is 16.9. The fraction of sp³-hybridized carbons (Fsp3) is 0.160. The Bertz CT molecular complexity index is 1110. The quantitative estimate of drug-likeness (QED) is 0.435. The van der Waals surface area contributed by atoms with Crippen molar-refractivity contribution in [3.63, 3.8) is 0 Å². The molecule has 0 radical (unpaired) electrons. The van der Waals surface area contributed by atoms with Gasteiger partial charge in [0.2, 0.25) is 0 Å². The summed E-state index contributed by atoms with van der Waals surface area (Å²) in [5.74, 6) is 1.63. The Hall–Kier alpha value is -3.53. The van der Waals surface area contributed by atoms with E-state index in [9.17, 15) is 0 Å². The molecule has 3 aromatic carbocycles. The van der Waals surface area contributed by atoms with Crippen molar-refractivity contribution in [1.82, 2.24) is 9.78 Å². The number of ether oxygens (including phenoxy) is 2. The molecule has 1 heterocycles. The molecule has 0 amide bonds. The molecule has 1 aromatic heterocycles. The third-order valence-corrected chi connectivity index (χ3v) is 5.00. The zero-order chi connectivity index (χ0) is 20.2. The van der Waals surface area contributed by atoms with Crippen molar-refractivity contribution in [3.8, 4) is 34.0 Å². The average Bonchev–Trinajstić information content (AvgIpc) is 3.18. The van der Waals surface area contributed by atoms with Gasteiger partial charge < -0.3 is 9.47 Å². The van der Waals surface area contributed by atoms with E-state index in [2.05, 4.69) is 43.3 Å². The second-order valence-corrected chi connectivity index (χ2v) is 6.96. The van der Waals surface area contributed by atoms with Crippen molar-refractivity contribution in [1.29, 1.82) is 0 Å². The lowest BCUT2D eigenvalue weighted by molar-refractivity contribution is 0.416. The number of methoxy groups -OCH3 is 2. The van der Waals surface area contributed by atoms with Crippen LogP contribution in [0.15, 0.2) is 78.9 Å². The third-order valence-electron chi connectivity index (χ3n) is 5.00. The summed E-state index contributed by atoms with van der Waals surface area (Å²) in [5, 5.41) is 4.94. The molecule has 0 unspecified atom stereocenters.